The number of fused-ring (bicyclic) bond motifs is 1. The van der Waals surface area contributed by atoms with Crippen molar-refractivity contribution in [2.24, 2.45) is 0 Å². The number of imidazole rings is 1. The monoisotopic (exact) mass is 407 g/mol. The normalized spacial score (nSPS) is 10.5. The summed E-state index contributed by atoms with van der Waals surface area (Å²) >= 11 is 7.69. The number of halogens is 1. The lowest BCUT2D eigenvalue weighted by atomic mass is 10.2. The summed E-state index contributed by atoms with van der Waals surface area (Å²) in [5, 5.41) is 9.00. The summed E-state index contributed by atoms with van der Waals surface area (Å²) in [6, 6.07) is 13.5. The summed E-state index contributed by atoms with van der Waals surface area (Å²) in [5.41, 5.74) is 3.31. The standard InChI is InChI=1S/C15H10IN3OS/c1-20-14-6-9(8-17)2-4-13(14)19-12-5-3-10(16)7-11(12)18-15(19)21/h2-7H,1H3,(H,18,21). The first kappa shape index (κ1) is 14.1. The number of hydrogen-bond donors (Lipinski definition) is 1. The molecular formula is C15H10IN3OS. The molecule has 21 heavy (non-hydrogen) atoms. The lowest BCUT2D eigenvalue weighted by Gasteiger charge is -2.10. The van der Waals surface area contributed by atoms with Crippen molar-refractivity contribution in [2.75, 3.05) is 7.11 Å². The molecule has 0 atom stereocenters. The zero-order valence-electron chi connectivity index (χ0n) is 11.1. The maximum Gasteiger partial charge on any atom is 0.182 e. The van der Waals surface area contributed by atoms with Gasteiger partial charge in [-0.1, -0.05) is 0 Å². The molecule has 0 spiro atoms. The molecule has 0 aliphatic heterocycles. The highest BCUT2D eigenvalue weighted by molar-refractivity contribution is 14.1. The maximum absolute atomic E-state index is 9.00. The van der Waals surface area contributed by atoms with Gasteiger partial charge in [-0.3, -0.25) is 4.57 Å². The van der Waals surface area contributed by atoms with E-state index in [2.05, 4.69) is 33.6 Å². The first-order valence-electron chi connectivity index (χ1n) is 6.13. The highest BCUT2D eigenvalue weighted by Gasteiger charge is 2.12. The summed E-state index contributed by atoms with van der Waals surface area (Å²) in [6.07, 6.45) is 0. The molecule has 2 aromatic carbocycles. The molecule has 104 valence electrons. The smallest absolute Gasteiger partial charge is 0.182 e. The lowest BCUT2D eigenvalue weighted by molar-refractivity contribution is 0.413. The van der Waals surface area contributed by atoms with Crippen LogP contribution in [0.5, 0.6) is 5.75 Å². The lowest BCUT2D eigenvalue weighted by Crippen LogP contribution is -1.98. The Labute approximate surface area is 140 Å². The molecule has 0 unspecified atom stereocenters. The number of aromatic nitrogens is 2. The maximum atomic E-state index is 9.00. The van der Waals surface area contributed by atoms with Gasteiger partial charge in [-0.25, -0.2) is 0 Å². The Kier molecular flexibility index (Phi) is 3.69. The fraction of sp³-hybridized carbons (Fsp3) is 0.0667. The fourth-order valence-corrected chi connectivity index (χ4v) is 3.05. The quantitative estimate of drug-likeness (QED) is 0.513. The molecule has 4 nitrogen and oxygen atoms in total. The number of H-pyrrole nitrogens is 1. The van der Waals surface area contributed by atoms with E-state index in [9.17, 15) is 0 Å². The number of nitrogens with zero attached hydrogens (tertiary/aromatic N) is 2. The van der Waals surface area contributed by atoms with E-state index in [0.717, 1.165) is 20.3 Å². The molecule has 0 bridgehead atoms. The SMILES string of the molecule is COc1cc(C#N)ccc1-n1c(=S)[nH]c2cc(I)ccc21. The Morgan fingerprint density at radius 3 is 2.81 bits per heavy atom. The third-order valence-electron chi connectivity index (χ3n) is 3.19. The van der Waals surface area contributed by atoms with E-state index in [1.54, 1.807) is 19.2 Å². The van der Waals surface area contributed by atoms with Crippen molar-refractivity contribution in [1.82, 2.24) is 9.55 Å². The number of nitriles is 1. The Bertz CT molecular complexity index is 936. The number of benzene rings is 2. The molecule has 6 heteroatoms. The Balaban J connectivity index is 2.33. The second kappa shape index (κ2) is 5.50. The van der Waals surface area contributed by atoms with Crippen LogP contribution in [-0.2, 0) is 0 Å². The topological polar surface area (TPSA) is 53.7 Å². The van der Waals surface area contributed by atoms with E-state index in [1.807, 2.05) is 28.8 Å². The van der Waals surface area contributed by atoms with Gasteiger partial charge in [0.05, 0.1) is 35.5 Å². The van der Waals surface area contributed by atoms with Gasteiger partial charge in [0.2, 0.25) is 0 Å². The van der Waals surface area contributed by atoms with Gasteiger partial charge in [-0.15, -0.1) is 0 Å². The number of ether oxygens (including phenoxy) is 1. The minimum Gasteiger partial charge on any atom is -0.495 e. The van der Waals surface area contributed by atoms with Gasteiger partial charge in [0.25, 0.3) is 0 Å². The van der Waals surface area contributed by atoms with Crippen molar-refractivity contribution >= 4 is 45.8 Å². The molecule has 0 amide bonds. The second-order valence-corrected chi connectivity index (χ2v) is 6.06. The molecule has 1 aromatic heterocycles. The van der Waals surface area contributed by atoms with E-state index in [-0.39, 0.29) is 0 Å². The van der Waals surface area contributed by atoms with Crippen molar-refractivity contribution in [1.29, 1.82) is 5.26 Å². The van der Waals surface area contributed by atoms with Gasteiger partial charge < -0.3 is 9.72 Å². The van der Waals surface area contributed by atoms with E-state index >= 15 is 0 Å². The van der Waals surface area contributed by atoms with Crippen molar-refractivity contribution in [3.8, 4) is 17.5 Å². The molecule has 1 heterocycles. The van der Waals surface area contributed by atoms with Crippen LogP contribution in [0.25, 0.3) is 16.7 Å². The largest absolute Gasteiger partial charge is 0.495 e. The van der Waals surface area contributed by atoms with Crippen molar-refractivity contribution < 1.29 is 4.74 Å². The molecular weight excluding hydrogens is 397 g/mol. The third kappa shape index (κ3) is 2.43. The number of hydrogen-bond acceptors (Lipinski definition) is 3. The second-order valence-electron chi connectivity index (χ2n) is 4.43. The van der Waals surface area contributed by atoms with E-state index in [4.69, 9.17) is 22.2 Å². The van der Waals surface area contributed by atoms with Crippen LogP contribution in [0.4, 0.5) is 0 Å². The molecule has 0 fully saturated rings. The fourth-order valence-electron chi connectivity index (χ4n) is 2.25. The summed E-state index contributed by atoms with van der Waals surface area (Å²) < 4.78 is 9.05. The van der Waals surface area contributed by atoms with Gasteiger partial charge in [0.15, 0.2) is 4.77 Å². The number of rotatable bonds is 2. The summed E-state index contributed by atoms with van der Waals surface area (Å²) in [4.78, 5) is 3.20. The van der Waals surface area contributed by atoms with Crippen molar-refractivity contribution in [3.63, 3.8) is 0 Å². The van der Waals surface area contributed by atoms with Crippen LogP contribution in [-0.4, -0.2) is 16.7 Å². The van der Waals surface area contributed by atoms with Crippen LogP contribution in [0.2, 0.25) is 0 Å². The van der Waals surface area contributed by atoms with Crippen LogP contribution >= 0.6 is 34.8 Å². The zero-order chi connectivity index (χ0) is 15.0. The van der Waals surface area contributed by atoms with E-state index in [0.29, 0.717) is 16.1 Å². The minimum absolute atomic E-state index is 0.552. The molecule has 3 rings (SSSR count). The van der Waals surface area contributed by atoms with Crippen LogP contribution in [0.15, 0.2) is 36.4 Å². The van der Waals surface area contributed by atoms with Crippen LogP contribution in [0.3, 0.4) is 0 Å². The molecule has 3 aromatic rings. The van der Waals surface area contributed by atoms with Gasteiger partial charge in [-0.05, 0) is 65.1 Å². The molecule has 0 aliphatic carbocycles. The van der Waals surface area contributed by atoms with Crippen LogP contribution < -0.4 is 4.74 Å². The molecule has 0 radical (unpaired) electrons. The Morgan fingerprint density at radius 1 is 1.29 bits per heavy atom. The zero-order valence-corrected chi connectivity index (χ0v) is 14.0. The summed E-state index contributed by atoms with van der Waals surface area (Å²) in [6.45, 7) is 0. The van der Waals surface area contributed by atoms with Crippen molar-refractivity contribution in [3.05, 3.63) is 50.3 Å². The molecule has 0 saturated heterocycles. The van der Waals surface area contributed by atoms with Gasteiger partial charge in [0, 0.05) is 9.64 Å². The predicted molar refractivity (Wildman–Crippen MR) is 92.4 cm³/mol. The predicted octanol–water partition coefficient (Wildman–Crippen LogP) is 4.17. The number of aromatic amines is 1. The number of methoxy groups -OCH3 is 1. The Hall–Kier alpha value is -1.85. The molecule has 0 aliphatic rings. The minimum atomic E-state index is 0.552. The molecule has 0 saturated carbocycles. The van der Waals surface area contributed by atoms with Crippen LogP contribution in [0.1, 0.15) is 5.56 Å². The molecule has 1 N–H and O–H groups in total. The van der Waals surface area contributed by atoms with E-state index < -0.39 is 0 Å². The third-order valence-corrected chi connectivity index (χ3v) is 4.15. The first-order valence-corrected chi connectivity index (χ1v) is 7.61. The van der Waals surface area contributed by atoms with Crippen LogP contribution in [0, 0.1) is 19.7 Å². The number of nitrogens with one attached hydrogen (secondary N) is 1. The van der Waals surface area contributed by atoms with Gasteiger partial charge in [0.1, 0.15) is 5.75 Å². The summed E-state index contributed by atoms with van der Waals surface area (Å²) in [5.74, 6) is 0.615. The van der Waals surface area contributed by atoms with Crippen molar-refractivity contribution in [2.45, 2.75) is 0 Å². The highest BCUT2D eigenvalue weighted by atomic mass is 127. The van der Waals surface area contributed by atoms with E-state index in [1.165, 1.54) is 0 Å². The summed E-state index contributed by atoms with van der Waals surface area (Å²) in [7, 11) is 1.58. The average molecular weight is 407 g/mol. The Morgan fingerprint density at radius 2 is 2.10 bits per heavy atom. The van der Waals surface area contributed by atoms with Gasteiger partial charge in [-0.2, -0.15) is 5.26 Å². The highest BCUT2D eigenvalue weighted by Crippen LogP contribution is 2.28. The van der Waals surface area contributed by atoms with Gasteiger partial charge >= 0.3 is 0 Å². The average Bonchev–Trinajstić information content (AvgIpc) is 2.81. The first-order chi connectivity index (χ1) is 10.1.